The first-order valence-electron chi connectivity index (χ1n) is 5.60. The highest BCUT2D eigenvalue weighted by molar-refractivity contribution is 9.10. The van der Waals surface area contributed by atoms with Crippen molar-refractivity contribution in [3.8, 4) is 5.69 Å². The molecule has 3 aromatic rings. The molecule has 1 N–H and O–H groups in total. The van der Waals surface area contributed by atoms with Crippen LogP contribution in [0.5, 0.6) is 0 Å². The molecule has 3 nitrogen and oxygen atoms in total. The molecule has 1 aromatic carbocycles. The van der Waals surface area contributed by atoms with Crippen LogP contribution in [0.4, 0.5) is 0 Å². The number of nitrogens with zero attached hydrogens (tertiary/aromatic N) is 2. The monoisotopic (exact) mass is 351 g/mol. The van der Waals surface area contributed by atoms with Gasteiger partial charge in [0.1, 0.15) is 0 Å². The summed E-state index contributed by atoms with van der Waals surface area (Å²) < 4.78 is 3.56. The number of halogens is 1. The third-order valence-electron chi connectivity index (χ3n) is 2.82. The minimum Gasteiger partial charge on any atom is -0.329 e. The number of fused-ring (bicyclic) bond motifs is 1. The topological polar surface area (TPSA) is 33.6 Å². The van der Waals surface area contributed by atoms with Crippen LogP contribution < -0.4 is 0 Å². The largest absolute Gasteiger partial charge is 0.329 e. The molecular weight excluding hydrogens is 342 g/mol. The number of rotatable bonds is 2. The Balaban J connectivity index is 2.36. The Bertz CT molecular complexity index is 807. The summed E-state index contributed by atoms with van der Waals surface area (Å²) in [5, 5.41) is 0. The van der Waals surface area contributed by atoms with Crippen LogP contribution in [0.1, 0.15) is 0 Å². The van der Waals surface area contributed by atoms with Gasteiger partial charge in [-0.3, -0.25) is 4.57 Å². The van der Waals surface area contributed by atoms with E-state index in [2.05, 4.69) is 44.3 Å². The van der Waals surface area contributed by atoms with Crippen molar-refractivity contribution in [1.29, 1.82) is 0 Å². The van der Waals surface area contributed by atoms with Gasteiger partial charge >= 0.3 is 0 Å². The number of H-pyrrole nitrogens is 1. The fraction of sp³-hybridized carbons (Fsp3) is 0.0769. The molecule has 0 saturated carbocycles. The molecular formula is C13H10BrN3S2. The summed E-state index contributed by atoms with van der Waals surface area (Å²) >= 11 is 10.5. The maximum absolute atomic E-state index is 5.43. The van der Waals surface area contributed by atoms with Crippen molar-refractivity contribution >= 4 is 51.1 Å². The van der Waals surface area contributed by atoms with E-state index in [9.17, 15) is 0 Å². The Labute approximate surface area is 128 Å². The molecule has 0 fully saturated rings. The normalized spacial score (nSPS) is 11.1. The average Bonchev–Trinajstić information content (AvgIpc) is 2.73. The van der Waals surface area contributed by atoms with Gasteiger partial charge in [-0.05, 0) is 52.6 Å². The van der Waals surface area contributed by atoms with Gasteiger partial charge in [-0.15, -0.1) is 11.8 Å². The molecule has 0 saturated heterocycles. The van der Waals surface area contributed by atoms with Gasteiger partial charge in [-0.2, -0.15) is 0 Å². The zero-order valence-electron chi connectivity index (χ0n) is 10.1. The maximum Gasteiger partial charge on any atom is 0.184 e. The van der Waals surface area contributed by atoms with E-state index in [1.54, 1.807) is 18.0 Å². The van der Waals surface area contributed by atoms with E-state index in [1.807, 2.05) is 22.8 Å². The quantitative estimate of drug-likeness (QED) is 0.542. The first kappa shape index (κ1) is 12.9. The van der Waals surface area contributed by atoms with E-state index in [4.69, 9.17) is 12.2 Å². The minimum atomic E-state index is 0.655. The summed E-state index contributed by atoms with van der Waals surface area (Å²) in [7, 11) is 0. The SMILES string of the molecule is CSc1ccccc1-n1c(=S)[nH]c2cc(Br)cnc21. The fourth-order valence-corrected chi connectivity index (χ4v) is 3.22. The molecule has 0 aliphatic heterocycles. The molecule has 0 spiro atoms. The van der Waals surface area contributed by atoms with Crippen molar-refractivity contribution in [2.75, 3.05) is 6.26 Å². The molecule has 6 heteroatoms. The first-order valence-corrected chi connectivity index (χ1v) is 8.03. The Morgan fingerprint density at radius 1 is 1.37 bits per heavy atom. The molecule has 2 heterocycles. The molecule has 0 unspecified atom stereocenters. The number of thioether (sulfide) groups is 1. The van der Waals surface area contributed by atoms with Crippen LogP contribution in [0.15, 0.2) is 45.9 Å². The van der Waals surface area contributed by atoms with Gasteiger partial charge in [-0.1, -0.05) is 12.1 Å². The highest BCUT2D eigenvalue weighted by Crippen LogP contribution is 2.27. The number of aromatic amines is 1. The van der Waals surface area contributed by atoms with Crippen LogP contribution in [-0.2, 0) is 0 Å². The number of hydrogen-bond acceptors (Lipinski definition) is 3. The number of pyridine rings is 1. The lowest BCUT2D eigenvalue weighted by molar-refractivity contribution is 1.01. The van der Waals surface area contributed by atoms with E-state index in [0.717, 1.165) is 21.3 Å². The molecule has 0 aliphatic carbocycles. The summed E-state index contributed by atoms with van der Waals surface area (Å²) in [5.74, 6) is 0. The van der Waals surface area contributed by atoms with Crippen molar-refractivity contribution in [1.82, 2.24) is 14.5 Å². The average molecular weight is 352 g/mol. The molecule has 2 aromatic heterocycles. The van der Waals surface area contributed by atoms with Gasteiger partial charge in [0.2, 0.25) is 0 Å². The number of para-hydroxylation sites is 1. The van der Waals surface area contributed by atoms with Crippen LogP contribution in [0.2, 0.25) is 0 Å². The van der Waals surface area contributed by atoms with Gasteiger partial charge in [0.05, 0.1) is 11.2 Å². The Kier molecular flexibility index (Phi) is 3.47. The predicted octanol–water partition coefficient (Wildman–Crippen LogP) is 4.57. The van der Waals surface area contributed by atoms with Crippen LogP contribution in [0.3, 0.4) is 0 Å². The highest BCUT2D eigenvalue weighted by atomic mass is 79.9. The van der Waals surface area contributed by atoms with Gasteiger partial charge in [-0.25, -0.2) is 4.98 Å². The molecule has 0 aliphatic rings. The van der Waals surface area contributed by atoms with Gasteiger partial charge < -0.3 is 4.98 Å². The summed E-state index contributed by atoms with van der Waals surface area (Å²) in [6.07, 6.45) is 3.84. The van der Waals surface area contributed by atoms with Gasteiger partial charge in [0.25, 0.3) is 0 Å². The lowest BCUT2D eigenvalue weighted by Crippen LogP contribution is -1.97. The van der Waals surface area contributed by atoms with Crippen molar-refractivity contribution in [2.24, 2.45) is 0 Å². The maximum atomic E-state index is 5.43. The molecule has 0 amide bonds. The molecule has 0 bridgehead atoms. The van der Waals surface area contributed by atoms with Crippen LogP contribution in [-0.4, -0.2) is 20.8 Å². The van der Waals surface area contributed by atoms with Crippen LogP contribution >= 0.6 is 39.9 Å². The first-order chi connectivity index (χ1) is 9.20. The number of nitrogens with one attached hydrogen (secondary N) is 1. The van der Waals surface area contributed by atoms with Gasteiger partial charge in [0.15, 0.2) is 10.4 Å². The molecule has 96 valence electrons. The van der Waals surface area contributed by atoms with E-state index >= 15 is 0 Å². The lowest BCUT2D eigenvalue weighted by atomic mass is 10.3. The Morgan fingerprint density at radius 3 is 2.95 bits per heavy atom. The van der Waals surface area contributed by atoms with Crippen molar-refractivity contribution < 1.29 is 0 Å². The second-order valence-electron chi connectivity index (χ2n) is 3.96. The van der Waals surface area contributed by atoms with E-state index in [-0.39, 0.29) is 0 Å². The minimum absolute atomic E-state index is 0.655. The molecule has 3 rings (SSSR count). The zero-order valence-corrected chi connectivity index (χ0v) is 13.3. The summed E-state index contributed by atoms with van der Waals surface area (Å²) in [6.45, 7) is 0. The Hall–Kier alpha value is -1.11. The predicted molar refractivity (Wildman–Crippen MR) is 85.7 cm³/mol. The summed E-state index contributed by atoms with van der Waals surface area (Å²) in [5.41, 5.74) is 2.83. The second kappa shape index (κ2) is 5.11. The van der Waals surface area contributed by atoms with Gasteiger partial charge in [0, 0.05) is 15.6 Å². The molecule has 19 heavy (non-hydrogen) atoms. The van der Waals surface area contributed by atoms with E-state index < -0.39 is 0 Å². The van der Waals surface area contributed by atoms with Crippen molar-refractivity contribution in [2.45, 2.75) is 4.90 Å². The third kappa shape index (κ3) is 2.24. The second-order valence-corrected chi connectivity index (χ2v) is 6.11. The fourth-order valence-electron chi connectivity index (χ4n) is 2.01. The highest BCUT2D eigenvalue weighted by Gasteiger charge is 2.11. The zero-order chi connectivity index (χ0) is 13.4. The lowest BCUT2D eigenvalue weighted by Gasteiger charge is -2.08. The smallest absolute Gasteiger partial charge is 0.184 e. The molecule has 0 radical (unpaired) electrons. The third-order valence-corrected chi connectivity index (χ3v) is 4.32. The van der Waals surface area contributed by atoms with Crippen molar-refractivity contribution in [3.63, 3.8) is 0 Å². The number of aromatic nitrogens is 3. The van der Waals surface area contributed by atoms with E-state index in [1.165, 1.54) is 4.90 Å². The van der Waals surface area contributed by atoms with Crippen LogP contribution in [0, 0.1) is 4.77 Å². The van der Waals surface area contributed by atoms with E-state index in [0.29, 0.717) is 4.77 Å². The Morgan fingerprint density at radius 2 is 2.16 bits per heavy atom. The number of hydrogen-bond donors (Lipinski definition) is 1. The number of imidazole rings is 1. The van der Waals surface area contributed by atoms with Crippen molar-refractivity contribution in [3.05, 3.63) is 45.8 Å². The number of benzene rings is 1. The summed E-state index contributed by atoms with van der Waals surface area (Å²) in [4.78, 5) is 8.83. The standard InChI is InChI=1S/C13H10BrN3S2/c1-19-11-5-3-2-4-10(11)17-12-9(16-13(17)18)6-8(14)7-15-12/h2-7H,1H3,(H,16,18). The summed E-state index contributed by atoms with van der Waals surface area (Å²) in [6, 6.07) is 10.2. The molecule has 0 atom stereocenters. The van der Waals surface area contributed by atoms with Crippen LogP contribution in [0.25, 0.3) is 16.9 Å².